The van der Waals surface area contributed by atoms with E-state index in [1.807, 2.05) is 0 Å². The maximum absolute atomic E-state index is 6.03. The van der Waals surface area contributed by atoms with Crippen LogP contribution in [0.2, 0.25) is 0 Å². The molecule has 108 valence electrons. The molecule has 0 heterocycles. The fourth-order valence-electron chi connectivity index (χ4n) is 2.41. The van der Waals surface area contributed by atoms with Crippen molar-refractivity contribution < 1.29 is 4.74 Å². The lowest BCUT2D eigenvalue weighted by Gasteiger charge is -2.35. The molecule has 2 atom stereocenters. The summed E-state index contributed by atoms with van der Waals surface area (Å²) in [6.07, 6.45) is 0. The average molecular weight is 264 g/mol. The number of nitrogens with zero attached hydrogens (tertiary/aromatic N) is 1. The maximum Gasteiger partial charge on any atom is 0.0716 e. The quantitative estimate of drug-likeness (QED) is 0.823. The van der Waals surface area contributed by atoms with E-state index in [2.05, 4.69) is 57.0 Å². The number of benzene rings is 1. The van der Waals surface area contributed by atoms with Crippen molar-refractivity contribution in [1.29, 1.82) is 0 Å². The molecule has 1 rings (SSSR count). The van der Waals surface area contributed by atoms with Gasteiger partial charge >= 0.3 is 0 Å². The number of hydrogen-bond acceptors (Lipinski definition) is 3. The predicted molar refractivity (Wildman–Crippen MR) is 81.0 cm³/mol. The van der Waals surface area contributed by atoms with Crippen molar-refractivity contribution in [2.45, 2.75) is 39.5 Å². The van der Waals surface area contributed by atoms with Gasteiger partial charge in [-0.25, -0.2) is 0 Å². The Labute approximate surface area is 117 Å². The minimum Gasteiger partial charge on any atom is -0.380 e. The molecule has 0 fully saturated rings. The maximum atomic E-state index is 6.03. The van der Waals surface area contributed by atoms with Crippen LogP contribution >= 0.6 is 0 Å². The SMILES string of the molecule is COCc1ccccc1C(CN)N(C)C(C)C(C)C. The number of methoxy groups -OCH3 is 1. The van der Waals surface area contributed by atoms with Gasteiger partial charge < -0.3 is 10.5 Å². The van der Waals surface area contributed by atoms with Crippen molar-refractivity contribution in [3.63, 3.8) is 0 Å². The Morgan fingerprint density at radius 3 is 2.37 bits per heavy atom. The van der Waals surface area contributed by atoms with Gasteiger partial charge in [-0.1, -0.05) is 38.1 Å². The van der Waals surface area contributed by atoms with Gasteiger partial charge in [-0.2, -0.15) is 0 Å². The van der Waals surface area contributed by atoms with Crippen LogP contribution in [0.4, 0.5) is 0 Å². The number of likely N-dealkylation sites (N-methyl/N-ethyl adjacent to an activating group) is 1. The summed E-state index contributed by atoms with van der Waals surface area (Å²) in [6, 6.07) is 9.14. The minimum absolute atomic E-state index is 0.240. The number of ether oxygens (including phenoxy) is 1. The molecule has 0 aromatic heterocycles. The van der Waals surface area contributed by atoms with Crippen LogP contribution in [0.1, 0.15) is 37.9 Å². The van der Waals surface area contributed by atoms with Crippen LogP contribution in [0.5, 0.6) is 0 Å². The van der Waals surface area contributed by atoms with Crippen LogP contribution in [-0.2, 0) is 11.3 Å². The van der Waals surface area contributed by atoms with E-state index in [0.717, 1.165) is 0 Å². The third-order valence-corrected chi connectivity index (χ3v) is 4.04. The first-order valence-corrected chi connectivity index (χ1v) is 7.01. The molecule has 0 aliphatic carbocycles. The monoisotopic (exact) mass is 264 g/mol. The van der Waals surface area contributed by atoms with Crippen LogP contribution in [0, 0.1) is 5.92 Å². The second-order valence-electron chi connectivity index (χ2n) is 5.53. The zero-order valence-corrected chi connectivity index (χ0v) is 12.9. The van der Waals surface area contributed by atoms with Gasteiger partial charge in [-0.15, -0.1) is 0 Å². The summed E-state index contributed by atoms with van der Waals surface area (Å²) in [5.41, 5.74) is 8.53. The lowest BCUT2D eigenvalue weighted by molar-refractivity contribution is 0.146. The zero-order chi connectivity index (χ0) is 14.4. The van der Waals surface area contributed by atoms with Crippen LogP contribution in [0.15, 0.2) is 24.3 Å². The summed E-state index contributed by atoms with van der Waals surface area (Å²) in [5, 5.41) is 0. The van der Waals surface area contributed by atoms with Gasteiger partial charge in [0, 0.05) is 25.7 Å². The van der Waals surface area contributed by atoms with E-state index in [4.69, 9.17) is 10.5 Å². The first-order chi connectivity index (χ1) is 9.02. The molecule has 0 aliphatic rings. The van der Waals surface area contributed by atoms with Crippen molar-refractivity contribution in [2.24, 2.45) is 11.7 Å². The molecule has 0 saturated carbocycles. The smallest absolute Gasteiger partial charge is 0.0716 e. The summed E-state index contributed by atoms with van der Waals surface area (Å²) >= 11 is 0. The summed E-state index contributed by atoms with van der Waals surface area (Å²) in [4.78, 5) is 2.37. The molecule has 3 nitrogen and oxygen atoms in total. The third kappa shape index (κ3) is 4.03. The van der Waals surface area contributed by atoms with Crippen molar-refractivity contribution in [2.75, 3.05) is 20.7 Å². The minimum atomic E-state index is 0.240. The highest BCUT2D eigenvalue weighted by molar-refractivity contribution is 5.30. The first-order valence-electron chi connectivity index (χ1n) is 7.01. The lowest BCUT2D eigenvalue weighted by Crippen LogP contribution is -2.40. The van der Waals surface area contributed by atoms with Crippen LogP contribution in [0.3, 0.4) is 0 Å². The van der Waals surface area contributed by atoms with Crippen molar-refractivity contribution in [3.05, 3.63) is 35.4 Å². The standard InChI is InChI=1S/C16H28N2O/c1-12(2)13(3)18(4)16(10-17)15-9-7-6-8-14(15)11-19-5/h6-9,12-13,16H,10-11,17H2,1-5H3. The van der Waals surface area contributed by atoms with Crippen molar-refractivity contribution in [3.8, 4) is 0 Å². The molecular formula is C16H28N2O. The molecule has 3 heteroatoms. The molecular weight excluding hydrogens is 236 g/mol. The Hall–Kier alpha value is -0.900. The summed E-state index contributed by atoms with van der Waals surface area (Å²) in [6.45, 7) is 8.00. The molecule has 0 bridgehead atoms. The van der Waals surface area contributed by atoms with Gasteiger partial charge in [-0.3, -0.25) is 4.90 Å². The highest BCUT2D eigenvalue weighted by Crippen LogP contribution is 2.26. The lowest BCUT2D eigenvalue weighted by atomic mass is 9.96. The normalized spacial score (nSPS) is 14.9. The Bertz CT molecular complexity index is 379. The van der Waals surface area contributed by atoms with Crippen molar-refractivity contribution in [1.82, 2.24) is 4.90 Å². The molecule has 0 radical (unpaired) electrons. The Morgan fingerprint density at radius 1 is 1.21 bits per heavy atom. The molecule has 2 N–H and O–H groups in total. The summed E-state index contributed by atoms with van der Waals surface area (Å²) < 4.78 is 5.29. The van der Waals surface area contributed by atoms with E-state index < -0.39 is 0 Å². The third-order valence-electron chi connectivity index (χ3n) is 4.04. The second kappa shape index (κ2) is 7.63. The van der Waals surface area contributed by atoms with Gasteiger partial charge in [0.1, 0.15) is 0 Å². The van der Waals surface area contributed by atoms with Gasteiger partial charge in [0.15, 0.2) is 0 Å². The van der Waals surface area contributed by atoms with E-state index >= 15 is 0 Å². The molecule has 0 aliphatic heterocycles. The molecule has 19 heavy (non-hydrogen) atoms. The largest absolute Gasteiger partial charge is 0.380 e. The average Bonchev–Trinajstić information content (AvgIpc) is 2.40. The molecule has 0 saturated heterocycles. The van der Waals surface area contributed by atoms with Gasteiger partial charge in [0.05, 0.1) is 6.61 Å². The fraction of sp³-hybridized carbons (Fsp3) is 0.625. The van der Waals surface area contributed by atoms with Crippen LogP contribution < -0.4 is 5.73 Å². The molecule has 0 amide bonds. The highest BCUT2D eigenvalue weighted by Gasteiger charge is 2.23. The van der Waals surface area contributed by atoms with Crippen LogP contribution in [-0.4, -0.2) is 31.6 Å². The fourth-order valence-corrected chi connectivity index (χ4v) is 2.41. The van der Waals surface area contributed by atoms with E-state index in [1.165, 1.54) is 11.1 Å². The van der Waals surface area contributed by atoms with Gasteiger partial charge in [-0.05, 0) is 31.0 Å². The second-order valence-corrected chi connectivity index (χ2v) is 5.53. The molecule has 2 unspecified atom stereocenters. The zero-order valence-electron chi connectivity index (χ0n) is 12.9. The number of rotatable bonds is 7. The topological polar surface area (TPSA) is 38.5 Å². The summed E-state index contributed by atoms with van der Waals surface area (Å²) in [5.74, 6) is 0.605. The first kappa shape index (κ1) is 16.2. The van der Waals surface area contributed by atoms with Crippen molar-refractivity contribution >= 4 is 0 Å². The molecule has 1 aromatic carbocycles. The number of hydrogen-bond donors (Lipinski definition) is 1. The number of nitrogens with two attached hydrogens (primary N) is 1. The predicted octanol–water partition coefficient (Wildman–Crippen LogP) is 2.81. The van der Waals surface area contributed by atoms with E-state index in [0.29, 0.717) is 25.1 Å². The van der Waals surface area contributed by atoms with E-state index in [-0.39, 0.29) is 6.04 Å². The highest BCUT2D eigenvalue weighted by atomic mass is 16.5. The van der Waals surface area contributed by atoms with E-state index in [9.17, 15) is 0 Å². The Morgan fingerprint density at radius 2 is 1.84 bits per heavy atom. The molecule has 0 spiro atoms. The Kier molecular flexibility index (Phi) is 6.49. The van der Waals surface area contributed by atoms with Gasteiger partial charge in [0.25, 0.3) is 0 Å². The van der Waals surface area contributed by atoms with E-state index in [1.54, 1.807) is 7.11 Å². The summed E-state index contributed by atoms with van der Waals surface area (Å²) in [7, 11) is 3.89. The van der Waals surface area contributed by atoms with Gasteiger partial charge in [0.2, 0.25) is 0 Å². The Balaban J connectivity index is 3.02. The molecule has 1 aromatic rings. The van der Waals surface area contributed by atoms with Crippen LogP contribution in [0.25, 0.3) is 0 Å².